The first kappa shape index (κ1) is 15.5. The number of hydrogen-bond acceptors (Lipinski definition) is 4. The lowest BCUT2D eigenvalue weighted by Crippen LogP contribution is -2.00. The third kappa shape index (κ3) is 2.91. The van der Waals surface area contributed by atoms with Gasteiger partial charge in [0.15, 0.2) is 0 Å². The molecule has 126 valence electrons. The van der Waals surface area contributed by atoms with Gasteiger partial charge in [-0.1, -0.05) is 18.2 Å². The van der Waals surface area contributed by atoms with E-state index >= 15 is 0 Å². The SMILES string of the molecule is COC(=O)c1ccc(-c2cc3cc4c(cc3o2)OCC(C)=CC4)cc1. The Labute approximate surface area is 145 Å². The predicted molar refractivity (Wildman–Crippen MR) is 95.9 cm³/mol. The van der Waals surface area contributed by atoms with E-state index in [9.17, 15) is 4.79 Å². The van der Waals surface area contributed by atoms with Gasteiger partial charge in [-0.3, -0.25) is 0 Å². The molecular formula is C21H18O4. The number of carbonyl (C=O) groups excluding carboxylic acids is 1. The van der Waals surface area contributed by atoms with Crippen molar-refractivity contribution in [3.8, 4) is 17.1 Å². The predicted octanol–water partition coefficient (Wildman–Crippen LogP) is 4.77. The summed E-state index contributed by atoms with van der Waals surface area (Å²) in [7, 11) is 1.37. The van der Waals surface area contributed by atoms with Crippen LogP contribution in [0.3, 0.4) is 0 Å². The summed E-state index contributed by atoms with van der Waals surface area (Å²) in [6.45, 7) is 2.69. The smallest absolute Gasteiger partial charge is 0.337 e. The monoisotopic (exact) mass is 334 g/mol. The highest BCUT2D eigenvalue weighted by atomic mass is 16.5. The van der Waals surface area contributed by atoms with Gasteiger partial charge in [-0.25, -0.2) is 4.79 Å². The summed E-state index contributed by atoms with van der Waals surface area (Å²) in [4.78, 5) is 11.5. The molecule has 0 saturated heterocycles. The highest BCUT2D eigenvalue weighted by Gasteiger charge is 2.14. The molecule has 0 aliphatic carbocycles. The van der Waals surface area contributed by atoms with Gasteiger partial charge in [0.1, 0.15) is 23.7 Å². The second-order valence-electron chi connectivity index (χ2n) is 6.22. The summed E-state index contributed by atoms with van der Waals surface area (Å²) in [5.41, 5.74) is 4.63. The number of fused-ring (bicyclic) bond motifs is 2. The first-order chi connectivity index (χ1) is 12.1. The molecule has 0 saturated carbocycles. The largest absolute Gasteiger partial charge is 0.489 e. The van der Waals surface area contributed by atoms with Crippen molar-refractivity contribution in [3.05, 3.63) is 65.2 Å². The van der Waals surface area contributed by atoms with Crippen molar-refractivity contribution in [3.63, 3.8) is 0 Å². The molecule has 0 unspecified atom stereocenters. The van der Waals surface area contributed by atoms with Crippen LogP contribution in [-0.2, 0) is 11.2 Å². The number of furan rings is 1. The van der Waals surface area contributed by atoms with Crippen molar-refractivity contribution in [1.82, 2.24) is 0 Å². The minimum atomic E-state index is -0.347. The van der Waals surface area contributed by atoms with E-state index in [1.54, 1.807) is 12.1 Å². The number of allylic oxidation sites excluding steroid dienone is 1. The average molecular weight is 334 g/mol. The minimum absolute atomic E-state index is 0.347. The zero-order valence-corrected chi connectivity index (χ0v) is 14.2. The number of rotatable bonds is 2. The first-order valence-electron chi connectivity index (χ1n) is 8.17. The third-order valence-corrected chi connectivity index (χ3v) is 4.42. The lowest BCUT2D eigenvalue weighted by Gasteiger charge is -2.06. The second-order valence-corrected chi connectivity index (χ2v) is 6.22. The molecule has 1 aliphatic rings. The number of methoxy groups -OCH3 is 1. The number of ether oxygens (including phenoxy) is 2. The Morgan fingerprint density at radius 2 is 1.92 bits per heavy atom. The van der Waals surface area contributed by atoms with Crippen LogP contribution < -0.4 is 4.74 Å². The van der Waals surface area contributed by atoms with Crippen molar-refractivity contribution < 1.29 is 18.7 Å². The van der Waals surface area contributed by atoms with Crippen LogP contribution in [0.1, 0.15) is 22.8 Å². The van der Waals surface area contributed by atoms with Gasteiger partial charge < -0.3 is 13.9 Å². The Kier molecular flexibility index (Phi) is 3.80. The van der Waals surface area contributed by atoms with Gasteiger partial charge in [0.25, 0.3) is 0 Å². The molecule has 0 bridgehead atoms. The van der Waals surface area contributed by atoms with Crippen molar-refractivity contribution in [1.29, 1.82) is 0 Å². The highest BCUT2D eigenvalue weighted by molar-refractivity contribution is 5.90. The van der Waals surface area contributed by atoms with E-state index in [1.807, 2.05) is 24.3 Å². The number of esters is 1. The summed E-state index contributed by atoms with van der Waals surface area (Å²) < 4.78 is 16.6. The van der Waals surface area contributed by atoms with E-state index in [1.165, 1.54) is 12.7 Å². The molecule has 1 aliphatic heterocycles. The van der Waals surface area contributed by atoms with Crippen molar-refractivity contribution in [2.45, 2.75) is 13.3 Å². The fourth-order valence-electron chi connectivity index (χ4n) is 2.97. The van der Waals surface area contributed by atoms with E-state index < -0.39 is 0 Å². The van der Waals surface area contributed by atoms with Crippen molar-refractivity contribution in [2.24, 2.45) is 0 Å². The summed E-state index contributed by atoms with van der Waals surface area (Å²) >= 11 is 0. The van der Waals surface area contributed by atoms with Crippen LogP contribution in [-0.4, -0.2) is 19.7 Å². The quantitative estimate of drug-likeness (QED) is 0.500. The summed E-state index contributed by atoms with van der Waals surface area (Å²) in [5.74, 6) is 1.29. The molecule has 0 fully saturated rings. The van der Waals surface area contributed by atoms with E-state index in [2.05, 4.69) is 19.1 Å². The fourth-order valence-corrected chi connectivity index (χ4v) is 2.97. The third-order valence-electron chi connectivity index (χ3n) is 4.42. The van der Waals surface area contributed by atoms with Crippen LogP contribution >= 0.6 is 0 Å². The maximum absolute atomic E-state index is 11.5. The molecule has 25 heavy (non-hydrogen) atoms. The van der Waals surface area contributed by atoms with Crippen LogP contribution in [0, 0.1) is 0 Å². The molecule has 0 radical (unpaired) electrons. The maximum atomic E-state index is 11.5. The molecule has 0 N–H and O–H groups in total. The topological polar surface area (TPSA) is 48.7 Å². The van der Waals surface area contributed by atoms with Crippen molar-refractivity contribution >= 4 is 16.9 Å². The van der Waals surface area contributed by atoms with E-state index in [0.717, 1.165) is 40.0 Å². The molecule has 1 aromatic heterocycles. The molecule has 0 spiro atoms. The zero-order valence-electron chi connectivity index (χ0n) is 14.2. The number of hydrogen-bond donors (Lipinski definition) is 0. The van der Waals surface area contributed by atoms with Crippen LogP contribution in [0.25, 0.3) is 22.3 Å². The standard InChI is InChI=1S/C21H18O4/c1-13-3-4-16-9-17-10-19(25-20(17)11-18(16)24-12-13)14-5-7-15(8-6-14)21(22)23-2/h3,5-11H,4,12H2,1-2H3. The molecule has 0 amide bonds. The van der Waals surface area contributed by atoms with Crippen molar-refractivity contribution in [2.75, 3.05) is 13.7 Å². The summed E-state index contributed by atoms with van der Waals surface area (Å²) in [6, 6.07) is 13.3. The molecule has 4 nitrogen and oxygen atoms in total. The Morgan fingerprint density at radius 1 is 1.12 bits per heavy atom. The lowest BCUT2D eigenvalue weighted by atomic mass is 10.1. The maximum Gasteiger partial charge on any atom is 0.337 e. The van der Waals surface area contributed by atoms with E-state index in [-0.39, 0.29) is 5.97 Å². The minimum Gasteiger partial charge on any atom is -0.489 e. The van der Waals surface area contributed by atoms with Gasteiger partial charge in [0, 0.05) is 17.0 Å². The van der Waals surface area contributed by atoms with Gasteiger partial charge in [-0.15, -0.1) is 0 Å². The molecule has 4 heteroatoms. The summed E-state index contributed by atoms with van der Waals surface area (Å²) in [5, 5.41) is 1.04. The Bertz CT molecular complexity index is 977. The van der Waals surface area contributed by atoms with Gasteiger partial charge >= 0.3 is 5.97 Å². The van der Waals surface area contributed by atoms with Crippen LogP contribution in [0.15, 0.2) is 58.5 Å². The fraction of sp³-hybridized carbons (Fsp3) is 0.190. The lowest BCUT2D eigenvalue weighted by molar-refractivity contribution is 0.0600. The van der Waals surface area contributed by atoms with Gasteiger partial charge in [-0.05, 0) is 48.7 Å². The first-order valence-corrected chi connectivity index (χ1v) is 8.17. The molecular weight excluding hydrogens is 316 g/mol. The number of benzene rings is 2. The normalized spacial score (nSPS) is 13.6. The number of carbonyl (C=O) groups is 1. The average Bonchev–Trinajstić information content (AvgIpc) is 2.97. The Hall–Kier alpha value is -3.01. The molecule has 2 aromatic carbocycles. The molecule has 3 aromatic rings. The van der Waals surface area contributed by atoms with Gasteiger partial charge in [0.2, 0.25) is 0 Å². The Morgan fingerprint density at radius 3 is 2.68 bits per heavy atom. The van der Waals surface area contributed by atoms with Crippen LogP contribution in [0.2, 0.25) is 0 Å². The van der Waals surface area contributed by atoms with Crippen LogP contribution in [0.5, 0.6) is 5.75 Å². The van der Waals surface area contributed by atoms with Gasteiger partial charge in [0.05, 0.1) is 12.7 Å². The zero-order chi connectivity index (χ0) is 17.4. The molecule has 4 rings (SSSR count). The van der Waals surface area contributed by atoms with Gasteiger partial charge in [-0.2, -0.15) is 0 Å². The molecule has 0 atom stereocenters. The van der Waals surface area contributed by atoms with E-state index in [0.29, 0.717) is 12.2 Å². The molecule has 2 heterocycles. The summed E-state index contributed by atoms with van der Waals surface area (Å²) in [6.07, 6.45) is 3.07. The van der Waals surface area contributed by atoms with E-state index in [4.69, 9.17) is 13.9 Å². The highest BCUT2D eigenvalue weighted by Crippen LogP contribution is 2.34. The second kappa shape index (κ2) is 6.13. The Balaban J connectivity index is 1.71. The van der Waals surface area contributed by atoms with Crippen LogP contribution in [0.4, 0.5) is 0 Å².